The highest BCUT2D eigenvalue weighted by Crippen LogP contribution is 2.14. The Kier molecular flexibility index (Phi) is 6.38. The number of rotatable bonds is 6. The van der Waals surface area contributed by atoms with Crippen molar-refractivity contribution in [1.29, 1.82) is 0 Å². The minimum atomic E-state index is 0.313. The number of benzene rings is 2. The molecule has 128 valence electrons. The van der Waals surface area contributed by atoms with Gasteiger partial charge in [-0.3, -0.25) is 4.99 Å². The Hall–Kier alpha value is -2.33. The van der Waals surface area contributed by atoms with E-state index in [4.69, 9.17) is 5.73 Å². The summed E-state index contributed by atoms with van der Waals surface area (Å²) in [4.78, 5) is 6.73. The minimum Gasteiger partial charge on any atom is -0.370 e. The Morgan fingerprint density at radius 3 is 2.42 bits per heavy atom. The Labute approximate surface area is 145 Å². The molecule has 4 heteroatoms. The van der Waals surface area contributed by atoms with Gasteiger partial charge in [0.1, 0.15) is 0 Å². The first-order chi connectivity index (χ1) is 11.5. The quantitative estimate of drug-likeness (QED) is 0.634. The molecule has 0 saturated heterocycles. The van der Waals surface area contributed by atoms with Crippen molar-refractivity contribution in [2.45, 2.75) is 26.3 Å². The van der Waals surface area contributed by atoms with Gasteiger partial charge in [0.15, 0.2) is 5.96 Å². The lowest BCUT2D eigenvalue weighted by atomic mass is 10.1. The van der Waals surface area contributed by atoms with Crippen LogP contribution in [0.3, 0.4) is 0 Å². The van der Waals surface area contributed by atoms with E-state index in [0.717, 1.165) is 12.1 Å². The zero-order chi connectivity index (χ0) is 17.5. The third-order valence-corrected chi connectivity index (χ3v) is 4.30. The molecular formula is C20H28N4. The highest BCUT2D eigenvalue weighted by atomic mass is 15.1. The van der Waals surface area contributed by atoms with Crippen LogP contribution in [0.5, 0.6) is 0 Å². The molecule has 0 radical (unpaired) electrons. The van der Waals surface area contributed by atoms with Crippen molar-refractivity contribution < 1.29 is 0 Å². The maximum atomic E-state index is 6.06. The van der Waals surface area contributed by atoms with Gasteiger partial charge in [-0.15, -0.1) is 0 Å². The topological polar surface area (TPSA) is 53.6 Å². The monoisotopic (exact) mass is 324 g/mol. The molecule has 0 aliphatic carbocycles. The third kappa shape index (κ3) is 5.39. The van der Waals surface area contributed by atoms with Gasteiger partial charge in [-0.2, -0.15) is 0 Å². The number of nitrogens with zero attached hydrogens (tertiary/aromatic N) is 2. The predicted octanol–water partition coefficient (Wildman–Crippen LogP) is 3.20. The zero-order valence-corrected chi connectivity index (χ0v) is 15.1. The van der Waals surface area contributed by atoms with Crippen LogP contribution in [-0.4, -0.2) is 37.5 Å². The summed E-state index contributed by atoms with van der Waals surface area (Å²) in [7, 11) is 4.16. The summed E-state index contributed by atoms with van der Waals surface area (Å²) in [5.74, 6) is 0.457. The SMILES string of the molecule is Cc1ccc(NC(N)=NCC(Cc2ccccc2)N(C)C)cc1C. The molecule has 0 aliphatic rings. The average Bonchev–Trinajstić information content (AvgIpc) is 2.55. The van der Waals surface area contributed by atoms with E-state index >= 15 is 0 Å². The van der Waals surface area contributed by atoms with E-state index in [-0.39, 0.29) is 0 Å². The number of guanidine groups is 1. The summed E-state index contributed by atoms with van der Waals surface area (Å²) in [6, 6.07) is 17.0. The molecule has 2 aromatic rings. The standard InChI is InChI=1S/C20H28N4/c1-15-10-11-18(12-16(15)2)23-20(21)22-14-19(24(3)4)13-17-8-6-5-7-9-17/h5-12,19H,13-14H2,1-4H3,(H3,21,22,23). The van der Waals surface area contributed by atoms with Crippen molar-refractivity contribution in [2.75, 3.05) is 26.0 Å². The highest BCUT2D eigenvalue weighted by molar-refractivity contribution is 5.92. The Bertz CT molecular complexity index is 677. The summed E-state index contributed by atoms with van der Waals surface area (Å²) >= 11 is 0. The molecule has 3 N–H and O–H groups in total. The van der Waals surface area contributed by atoms with E-state index in [2.05, 4.69) is 79.6 Å². The molecule has 0 spiro atoms. The van der Waals surface area contributed by atoms with Crippen molar-refractivity contribution in [3.05, 3.63) is 65.2 Å². The van der Waals surface area contributed by atoms with Crippen molar-refractivity contribution >= 4 is 11.6 Å². The lowest BCUT2D eigenvalue weighted by Crippen LogP contribution is -2.34. The van der Waals surface area contributed by atoms with Crippen LogP contribution >= 0.6 is 0 Å². The van der Waals surface area contributed by atoms with Gasteiger partial charge in [0, 0.05) is 11.7 Å². The molecule has 0 amide bonds. The average molecular weight is 324 g/mol. The maximum Gasteiger partial charge on any atom is 0.193 e. The number of likely N-dealkylation sites (N-methyl/N-ethyl adjacent to an activating group) is 1. The first-order valence-corrected chi connectivity index (χ1v) is 8.30. The Morgan fingerprint density at radius 1 is 1.08 bits per heavy atom. The molecule has 4 nitrogen and oxygen atoms in total. The van der Waals surface area contributed by atoms with Crippen molar-refractivity contribution in [3.8, 4) is 0 Å². The molecule has 0 bridgehead atoms. The number of nitrogens with two attached hydrogens (primary N) is 1. The van der Waals surface area contributed by atoms with Crippen molar-refractivity contribution in [1.82, 2.24) is 4.90 Å². The van der Waals surface area contributed by atoms with E-state index in [1.54, 1.807) is 0 Å². The number of anilines is 1. The Morgan fingerprint density at radius 2 is 1.79 bits per heavy atom. The molecule has 0 heterocycles. The smallest absolute Gasteiger partial charge is 0.193 e. The van der Waals surface area contributed by atoms with Gasteiger partial charge in [-0.05, 0) is 63.2 Å². The molecule has 1 unspecified atom stereocenters. The van der Waals surface area contributed by atoms with E-state index in [9.17, 15) is 0 Å². The normalized spacial score (nSPS) is 13.1. The van der Waals surface area contributed by atoms with Gasteiger partial charge in [0.25, 0.3) is 0 Å². The Balaban J connectivity index is 1.98. The lowest BCUT2D eigenvalue weighted by Gasteiger charge is -2.23. The van der Waals surface area contributed by atoms with Crippen molar-refractivity contribution in [2.24, 2.45) is 10.7 Å². The summed E-state index contributed by atoms with van der Waals surface area (Å²) in [6.45, 7) is 4.85. The van der Waals surface area contributed by atoms with Gasteiger partial charge in [-0.25, -0.2) is 0 Å². The minimum absolute atomic E-state index is 0.313. The predicted molar refractivity (Wildman–Crippen MR) is 104 cm³/mol. The van der Waals surface area contributed by atoms with Crippen LogP contribution in [0.25, 0.3) is 0 Å². The van der Waals surface area contributed by atoms with Gasteiger partial charge in [0.2, 0.25) is 0 Å². The van der Waals surface area contributed by atoms with E-state index in [0.29, 0.717) is 18.5 Å². The molecule has 24 heavy (non-hydrogen) atoms. The molecule has 1 atom stereocenters. The second kappa shape index (κ2) is 8.50. The number of aliphatic imine (C=N–C) groups is 1. The number of nitrogens with one attached hydrogen (secondary N) is 1. The summed E-state index contributed by atoms with van der Waals surface area (Å²) < 4.78 is 0. The van der Waals surface area contributed by atoms with E-state index in [1.807, 2.05) is 12.1 Å². The second-order valence-corrected chi connectivity index (χ2v) is 6.46. The van der Waals surface area contributed by atoms with E-state index in [1.165, 1.54) is 16.7 Å². The van der Waals surface area contributed by atoms with Crippen LogP contribution in [0.4, 0.5) is 5.69 Å². The third-order valence-electron chi connectivity index (χ3n) is 4.30. The fourth-order valence-corrected chi connectivity index (χ4v) is 2.51. The summed E-state index contributed by atoms with van der Waals surface area (Å²) in [6.07, 6.45) is 0.953. The van der Waals surface area contributed by atoms with Crippen molar-refractivity contribution in [3.63, 3.8) is 0 Å². The first-order valence-electron chi connectivity index (χ1n) is 8.30. The zero-order valence-electron chi connectivity index (χ0n) is 15.1. The van der Waals surface area contributed by atoms with Gasteiger partial charge in [0.05, 0.1) is 6.54 Å². The molecular weight excluding hydrogens is 296 g/mol. The van der Waals surface area contributed by atoms with Crippen LogP contribution in [0.2, 0.25) is 0 Å². The molecule has 2 rings (SSSR count). The largest absolute Gasteiger partial charge is 0.370 e. The van der Waals surface area contributed by atoms with Gasteiger partial charge < -0.3 is 16.0 Å². The number of aryl methyl sites for hydroxylation is 2. The van der Waals surface area contributed by atoms with E-state index < -0.39 is 0 Å². The lowest BCUT2D eigenvalue weighted by molar-refractivity contribution is 0.298. The number of hydrogen-bond donors (Lipinski definition) is 2. The van der Waals surface area contributed by atoms with Gasteiger partial charge in [-0.1, -0.05) is 36.4 Å². The molecule has 0 aromatic heterocycles. The van der Waals surface area contributed by atoms with Crippen LogP contribution in [0.1, 0.15) is 16.7 Å². The molecule has 0 saturated carbocycles. The number of hydrogen-bond acceptors (Lipinski definition) is 2. The molecule has 0 fully saturated rings. The van der Waals surface area contributed by atoms with Crippen LogP contribution in [-0.2, 0) is 6.42 Å². The van der Waals surface area contributed by atoms with Crippen LogP contribution < -0.4 is 11.1 Å². The fourth-order valence-electron chi connectivity index (χ4n) is 2.51. The summed E-state index contributed by atoms with van der Waals surface area (Å²) in [5, 5.41) is 3.18. The van der Waals surface area contributed by atoms with Crippen LogP contribution in [0.15, 0.2) is 53.5 Å². The highest BCUT2D eigenvalue weighted by Gasteiger charge is 2.12. The maximum absolute atomic E-state index is 6.06. The first kappa shape index (κ1) is 18.0. The second-order valence-electron chi connectivity index (χ2n) is 6.46. The van der Waals surface area contributed by atoms with Gasteiger partial charge >= 0.3 is 0 Å². The molecule has 0 aliphatic heterocycles. The summed E-state index contributed by atoms with van der Waals surface area (Å²) in [5.41, 5.74) is 10.9. The van der Waals surface area contributed by atoms with Crippen LogP contribution in [0, 0.1) is 13.8 Å². The fraction of sp³-hybridized carbons (Fsp3) is 0.350. The molecule has 2 aromatic carbocycles.